The van der Waals surface area contributed by atoms with Gasteiger partial charge in [0, 0.05) is 37.8 Å². The molecule has 1 aliphatic heterocycles. The number of aryl methyl sites for hydroxylation is 1. The molecule has 1 aliphatic rings. The van der Waals surface area contributed by atoms with Gasteiger partial charge in [0.05, 0.1) is 10.0 Å². The number of carbonyl (C=O) groups is 2. The van der Waals surface area contributed by atoms with Gasteiger partial charge in [-0.3, -0.25) is 9.59 Å². The van der Waals surface area contributed by atoms with E-state index in [0.717, 1.165) is 0 Å². The highest BCUT2D eigenvalue weighted by molar-refractivity contribution is 6.44. The van der Waals surface area contributed by atoms with Crippen molar-refractivity contribution in [2.45, 2.75) is 32.7 Å². The van der Waals surface area contributed by atoms with Gasteiger partial charge in [-0.25, -0.2) is 9.97 Å². The van der Waals surface area contributed by atoms with Gasteiger partial charge in [-0.1, -0.05) is 23.2 Å². The van der Waals surface area contributed by atoms with Crippen LogP contribution in [0.4, 0.5) is 11.6 Å². The lowest BCUT2D eigenvalue weighted by Gasteiger charge is -2.33. The average Bonchev–Trinajstić information content (AvgIpc) is 2.89. The Morgan fingerprint density at radius 2 is 1.86 bits per heavy atom. The molecule has 0 aliphatic carbocycles. The fraction of sp³-hybridized carbons (Fsp3) is 0.412. The van der Waals surface area contributed by atoms with Crippen molar-refractivity contribution in [2.24, 2.45) is 0 Å². The standard InChI is InChI=1S/C17H19Cl3N6O2/c1-8-13(18)14(19)15(21-8)16(28)23-10-3-5-26(6-4-10)12-7-11(22-9(2)27)24-17(20)25-12/h7,10,21H,3-6H2,1-2H3,(H,23,28)(H,22,24,25,27). The highest BCUT2D eigenvalue weighted by atomic mass is 35.5. The van der Waals surface area contributed by atoms with Crippen molar-refractivity contribution in [3.8, 4) is 0 Å². The van der Waals surface area contributed by atoms with Gasteiger partial charge in [-0.15, -0.1) is 0 Å². The van der Waals surface area contributed by atoms with E-state index in [1.54, 1.807) is 13.0 Å². The van der Waals surface area contributed by atoms with Crippen molar-refractivity contribution < 1.29 is 9.59 Å². The topological polar surface area (TPSA) is 103 Å². The number of piperidine rings is 1. The monoisotopic (exact) mass is 444 g/mol. The lowest BCUT2D eigenvalue weighted by Crippen LogP contribution is -2.45. The molecule has 2 aromatic rings. The molecule has 11 heteroatoms. The largest absolute Gasteiger partial charge is 0.356 e. The van der Waals surface area contributed by atoms with Crippen LogP contribution < -0.4 is 15.5 Å². The molecule has 3 rings (SSSR count). The number of rotatable bonds is 4. The summed E-state index contributed by atoms with van der Waals surface area (Å²) in [5, 5.41) is 6.24. The molecule has 0 spiro atoms. The van der Waals surface area contributed by atoms with Crippen LogP contribution in [0.15, 0.2) is 6.07 Å². The Hall–Kier alpha value is -2.03. The Labute approximate surface area is 177 Å². The third kappa shape index (κ3) is 4.68. The molecular formula is C17H19Cl3N6O2. The van der Waals surface area contributed by atoms with Crippen molar-refractivity contribution in [2.75, 3.05) is 23.3 Å². The average molecular weight is 446 g/mol. The van der Waals surface area contributed by atoms with Crippen LogP contribution in [-0.2, 0) is 4.79 Å². The number of hydrogen-bond acceptors (Lipinski definition) is 5. The minimum atomic E-state index is -0.281. The van der Waals surface area contributed by atoms with E-state index < -0.39 is 0 Å². The zero-order valence-electron chi connectivity index (χ0n) is 15.3. The van der Waals surface area contributed by atoms with Gasteiger partial charge in [-0.2, -0.15) is 0 Å². The minimum Gasteiger partial charge on any atom is -0.356 e. The van der Waals surface area contributed by atoms with Gasteiger partial charge in [0.15, 0.2) is 0 Å². The zero-order valence-corrected chi connectivity index (χ0v) is 17.5. The van der Waals surface area contributed by atoms with E-state index in [1.165, 1.54) is 6.92 Å². The second kappa shape index (κ2) is 8.55. The first-order valence-electron chi connectivity index (χ1n) is 8.66. The molecule has 0 unspecified atom stereocenters. The van der Waals surface area contributed by atoms with Crippen LogP contribution in [0.25, 0.3) is 0 Å². The van der Waals surface area contributed by atoms with Gasteiger partial charge >= 0.3 is 0 Å². The van der Waals surface area contributed by atoms with Crippen molar-refractivity contribution in [3.05, 3.63) is 32.8 Å². The summed E-state index contributed by atoms with van der Waals surface area (Å²) in [4.78, 5) is 36.9. The lowest BCUT2D eigenvalue weighted by molar-refractivity contribution is -0.114. The van der Waals surface area contributed by atoms with E-state index in [9.17, 15) is 9.59 Å². The summed E-state index contributed by atoms with van der Waals surface area (Å²) in [6, 6.07) is 1.67. The number of anilines is 2. The first kappa shape index (κ1) is 20.7. The number of H-pyrrole nitrogens is 1. The number of aromatic amines is 1. The van der Waals surface area contributed by atoms with Gasteiger partial charge in [0.25, 0.3) is 5.91 Å². The normalized spacial score (nSPS) is 14.8. The molecular weight excluding hydrogens is 427 g/mol. The molecule has 1 saturated heterocycles. The molecule has 3 heterocycles. The first-order chi connectivity index (χ1) is 13.2. The predicted molar refractivity (Wildman–Crippen MR) is 110 cm³/mol. The van der Waals surface area contributed by atoms with Crippen LogP contribution in [-0.4, -0.2) is 45.9 Å². The van der Waals surface area contributed by atoms with Crippen LogP contribution in [0.3, 0.4) is 0 Å². The Morgan fingerprint density at radius 3 is 2.43 bits per heavy atom. The predicted octanol–water partition coefficient (Wildman–Crippen LogP) is 3.43. The Balaban J connectivity index is 1.61. The Bertz CT molecular complexity index is 909. The summed E-state index contributed by atoms with van der Waals surface area (Å²) in [6.45, 7) is 4.48. The van der Waals surface area contributed by atoms with Crippen LogP contribution >= 0.6 is 34.8 Å². The Kier molecular flexibility index (Phi) is 6.32. The van der Waals surface area contributed by atoms with Gasteiger partial charge in [0.2, 0.25) is 11.2 Å². The highest BCUT2D eigenvalue weighted by Crippen LogP contribution is 2.29. The summed E-state index contributed by atoms with van der Waals surface area (Å²) in [6.07, 6.45) is 1.43. The molecule has 2 aromatic heterocycles. The summed E-state index contributed by atoms with van der Waals surface area (Å²) < 4.78 is 0. The summed E-state index contributed by atoms with van der Waals surface area (Å²) >= 11 is 18.1. The molecule has 8 nitrogen and oxygen atoms in total. The zero-order chi connectivity index (χ0) is 20.4. The molecule has 0 aromatic carbocycles. The second-order valence-corrected chi connectivity index (χ2v) is 7.64. The Morgan fingerprint density at radius 1 is 1.18 bits per heavy atom. The number of hydrogen-bond donors (Lipinski definition) is 3. The van der Waals surface area contributed by atoms with Crippen molar-refractivity contribution in [1.29, 1.82) is 0 Å². The van der Waals surface area contributed by atoms with Crippen LogP contribution in [0, 0.1) is 6.92 Å². The number of halogens is 3. The number of nitrogens with zero attached hydrogens (tertiary/aromatic N) is 3. The molecule has 1 fully saturated rings. The molecule has 28 heavy (non-hydrogen) atoms. The van der Waals surface area contributed by atoms with E-state index >= 15 is 0 Å². The number of carbonyl (C=O) groups excluding carboxylic acids is 2. The maximum atomic E-state index is 12.5. The molecule has 2 amide bonds. The van der Waals surface area contributed by atoms with Crippen molar-refractivity contribution in [1.82, 2.24) is 20.3 Å². The number of nitrogens with one attached hydrogen (secondary N) is 3. The maximum Gasteiger partial charge on any atom is 0.269 e. The van der Waals surface area contributed by atoms with Crippen LogP contribution in [0.1, 0.15) is 35.9 Å². The maximum absolute atomic E-state index is 12.5. The molecule has 0 atom stereocenters. The van der Waals surface area contributed by atoms with E-state index in [1.807, 2.05) is 4.90 Å². The third-order valence-corrected chi connectivity index (χ3v) is 5.54. The van der Waals surface area contributed by atoms with E-state index in [2.05, 4.69) is 25.6 Å². The summed E-state index contributed by atoms with van der Waals surface area (Å²) in [5.74, 6) is 0.465. The summed E-state index contributed by atoms with van der Waals surface area (Å²) in [7, 11) is 0. The fourth-order valence-electron chi connectivity index (χ4n) is 3.05. The van der Waals surface area contributed by atoms with Gasteiger partial charge < -0.3 is 20.5 Å². The lowest BCUT2D eigenvalue weighted by atomic mass is 10.0. The van der Waals surface area contributed by atoms with E-state index in [0.29, 0.717) is 48.3 Å². The SMILES string of the molecule is CC(=O)Nc1cc(N2CCC(NC(=O)c3[nH]c(C)c(Cl)c3Cl)CC2)nc(Cl)n1. The molecule has 0 saturated carbocycles. The quantitative estimate of drug-likeness (QED) is 0.626. The fourth-order valence-corrected chi connectivity index (χ4v) is 3.64. The minimum absolute atomic E-state index is 0.00526. The highest BCUT2D eigenvalue weighted by Gasteiger charge is 2.25. The molecule has 150 valence electrons. The smallest absolute Gasteiger partial charge is 0.269 e. The van der Waals surface area contributed by atoms with Crippen LogP contribution in [0.5, 0.6) is 0 Å². The van der Waals surface area contributed by atoms with Crippen LogP contribution in [0.2, 0.25) is 15.3 Å². The number of amides is 2. The van der Waals surface area contributed by atoms with Crippen molar-refractivity contribution >= 4 is 58.3 Å². The van der Waals surface area contributed by atoms with Crippen molar-refractivity contribution in [3.63, 3.8) is 0 Å². The van der Waals surface area contributed by atoms with E-state index in [4.69, 9.17) is 34.8 Å². The summed E-state index contributed by atoms with van der Waals surface area (Å²) in [5.41, 5.74) is 0.927. The second-order valence-electron chi connectivity index (χ2n) is 6.55. The van der Waals surface area contributed by atoms with Gasteiger partial charge in [0.1, 0.15) is 17.3 Å². The first-order valence-corrected chi connectivity index (χ1v) is 9.79. The molecule has 0 bridgehead atoms. The molecule has 3 N–H and O–H groups in total. The molecule has 0 radical (unpaired) electrons. The van der Waals surface area contributed by atoms with Gasteiger partial charge in [-0.05, 0) is 31.4 Å². The number of aromatic nitrogens is 3. The third-order valence-electron chi connectivity index (χ3n) is 4.42. The van der Waals surface area contributed by atoms with E-state index in [-0.39, 0.29) is 33.9 Å².